The summed E-state index contributed by atoms with van der Waals surface area (Å²) in [6, 6.07) is 5.64. The van der Waals surface area contributed by atoms with E-state index in [4.69, 9.17) is 0 Å². The van der Waals surface area contributed by atoms with Crippen LogP contribution < -0.4 is 16.2 Å². The first-order valence-electron chi connectivity index (χ1n) is 7.90. The van der Waals surface area contributed by atoms with E-state index in [9.17, 15) is 18.0 Å². The number of hydrogen-bond donors (Lipinski definition) is 3. The summed E-state index contributed by atoms with van der Waals surface area (Å²) >= 11 is 1.24. The van der Waals surface area contributed by atoms with Gasteiger partial charge in [0.05, 0.1) is 5.69 Å². The minimum absolute atomic E-state index is 0.00807. The second-order valence-corrected chi connectivity index (χ2v) is 8.88. The minimum Gasteiger partial charge on any atom is -0.326 e. The van der Waals surface area contributed by atoms with Crippen LogP contribution in [0.2, 0.25) is 0 Å². The topological polar surface area (TPSA) is 117 Å². The molecular formula is C16H18N4O4S2. The number of amides is 2. The van der Waals surface area contributed by atoms with Gasteiger partial charge < -0.3 is 5.32 Å². The minimum atomic E-state index is -3.60. The van der Waals surface area contributed by atoms with E-state index in [2.05, 4.69) is 21.2 Å². The number of benzene rings is 1. The number of carbonyl (C=O) groups excluding carboxylic acids is 2. The Labute approximate surface area is 154 Å². The highest BCUT2D eigenvalue weighted by atomic mass is 32.2. The molecule has 1 aliphatic heterocycles. The van der Waals surface area contributed by atoms with Crippen LogP contribution in [0.15, 0.2) is 23.6 Å². The molecular weight excluding hydrogens is 376 g/mol. The third-order valence-electron chi connectivity index (χ3n) is 3.81. The average molecular weight is 394 g/mol. The molecule has 0 unspecified atom stereocenters. The summed E-state index contributed by atoms with van der Waals surface area (Å²) in [4.78, 5) is 27.2. The fraction of sp³-hybridized carbons (Fsp3) is 0.312. The Morgan fingerprint density at radius 1 is 1.35 bits per heavy atom. The standard InChI is InChI=1S/C16H18N4O4S2/c1-17-20-15(22)8-26(23,24)9-16-19-13(7-25-16)11-2-4-12-10(6-11)3-5-14(21)18-12/h2,4,6-7,17H,3,5,8-9H2,1H3,(H,18,21)(H,20,22). The largest absolute Gasteiger partial charge is 0.326 e. The lowest BCUT2D eigenvalue weighted by Crippen LogP contribution is -2.38. The molecule has 3 rings (SSSR count). The highest BCUT2D eigenvalue weighted by Gasteiger charge is 2.20. The van der Waals surface area contributed by atoms with Gasteiger partial charge in [-0.05, 0) is 24.1 Å². The van der Waals surface area contributed by atoms with E-state index in [0.29, 0.717) is 23.5 Å². The monoisotopic (exact) mass is 394 g/mol. The van der Waals surface area contributed by atoms with E-state index in [-0.39, 0.29) is 11.7 Å². The van der Waals surface area contributed by atoms with Crippen LogP contribution in [0.5, 0.6) is 0 Å². The number of nitrogens with one attached hydrogen (secondary N) is 3. The van der Waals surface area contributed by atoms with E-state index in [1.165, 1.54) is 18.4 Å². The summed E-state index contributed by atoms with van der Waals surface area (Å²) < 4.78 is 24.2. The zero-order chi connectivity index (χ0) is 18.7. The molecule has 0 radical (unpaired) electrons. The predicted molar refractivity (Wildman–Crippen MR) is 99.2 cm³/mol. The molecule has 0 saturated carbocycles. The maximum absolute atomic E-state index is 12.1. The lowest BCUT2D eigenvalue weighted by molar-refractivity contribution is -0.119. The van der Waals surface area contributed by atoms with E-state index >= 15 is 0 Å². The van der Waals surface area contributed by atoms with Gasteiger partial charge in [-0.3, -0.25) is 15.0 Å². The zero-order valence-electron chi connectivity index (χ0n) is 14.0. The van der Waals surface area contributed by atoms with E-state index < -0.39 is 21.5 Å². The number of anilines is 1. The quantitative estimate of drug-likeness (QED) is 0.626. The smallest absolute Gasteiger partial charge is 0.249 e. The Hall–Kier alpha value is -2.30. The van der Waals surface area contributed by atoms with Crippen molar-refractivity contribution in [1.29, 1.82) is 0 Å². The average Bonchev–Trinajstić information content (AvgIpc) is 3.01. The third-order valence-corrected chi connectivity index (χ3v) is 6.25. The number of rotatable bonds is 6. The maximum Gasteiger partial charge on any atom is 0.249 e. The van der Waals surface area contributed by atoms with Crippen molar-refractivity contribution in [3.8, 4) is 11.3 Å². The Morgan fingerprint density at radius 3 is 2.92 bits per heavy atom. The first kappa shape index (κ1) is 18.5. The van der Waals surface area contributed by atoms with Crippen molar-refractivity contribution in [3.63, 3.8) is 0 Å². The van der Waals surface area contributed by atoms with E-state index in [1.807, 2.05) is 18.2 Å². The van der Waals surface area contributed by atoms with Crippen LogP contribution in [0.1, 0.15) is 17.0 Å². The Kier molecular flexibility index (Phi) is 5.35. The van der Waals surface area contributed by atoms with Crippen molar-refractivity contribution in [3.05, 3.63) is 34.2 Å². The molecule has 0 bridgehead atoms. The van der Waals surface area contributed by atoms with Gasteiger partial charge in [0.2, 0.25) is 11.8 Å². The second-order valence-electron chi connectivity index (χ2n) is 5.88. The van der Waals surface area contributed by atoms with Gasteiger partial charge >= 0.3 is 0 Å². The molecule has 0 spiro atoms. The Balaban J connectivity index is 1.74. The van der Waals surface area contributed by atoms with Gasteiger partial charge in [0.1, 0.15) is 16.5 Å². The number of hydrogen-bond acceptors (Lipinski definition) is 7. The summed E-state index contributed by atoms with van der Waals surface area (Å²) in [5.41, 5.74) is 8.03. The molecule has 2 heterocycles. The van der Waals surface area contributed by atoms with Crippen molar-refractivity contribution in [1.82, 2.24) is 15.8 Å². The fourth-order valence-electron chi connectivity index (χ4n) is 2.67. The van der Waals surface area contributed by atoms with Crippen LogP contribution in [-0.2, 0) is 31.6 Å². The van der Waals surface area contributed by atoms with E-state index in [0.717, 1.165) is 16.8 Å². The number of sulfone groups is 1. The van der Waals surface area contributed by atoms with Crippen LogP contribution in [0.25, 0.3) is 11.3 Å². The molecule has 0 aliphatic carbocycles. The maximum atomic E-state index is 12.1. The molecule has 10 heteroatoms. The molecule has 1 aromatic carbocycles. The lowest BCUT2D eigenvalue weighted by atomic mass is 9.99. The molecule has 2 amide bonds. The van der Waals surface area contributed by atoms with Gasteiger partial charge in [-0.25, -0.2) is 18.8 Å². The van der Waals surface area contributed by atoms with Crippen LogP contribution in [-0.4, -0.2) is 38.0 Å². The molecule has 1 aliphatic rings. The molecule has 0 saturated heterocycles. The van der Waals surface area contributed by atoms with Gasteiger partial charge in [-0.1, -0.05) is 6.07 Å². The molecule has 26 heavy (non-hydrogen) atoms. The number of hydrazine groups is 1. The van der Waals surface area contributed by atoms with Gasteiger partial charge in [-0.15, -0.1) is 11.3 Å². The number of aromatic nitrogens is 1. The van der Waals surface area contributed by atoms with Gasteiger partial charge in [0.15, 0.2) is 9.84 Å². The van der Waals surface area contributed by atoms with Gasteiger partial charge in [0, 0.05) is 30.1 Å². The number of aryl methyl sites for hydroxylation is 1. The van der Waals surface area contributed by atoms with Crippen LogP contribution in [0, 0.1) is 0 Å². The van der Waals surface area contributed by atoms with Crippen molar-refractivity contribution in [2.24, 2.45) is 0 Å². The number of fused-ring (bicyclic) bond motifs is 1. The summed E-state index contributed by atoms with van der Waals surface area (Å²) in [6.07, 6.45) is 1.12. The molecule has 3 N–H and O–H groups in total. The fourth-order valence-corrected chi connectivity index (χ4v) is 5.08. The first-order valence-corrected chi connectivity index (χ1v) is 10.6. The molecule has 8 nitrogen and oxygen atoms in total. The Morgan fingerprint density at radius 2 is 2.15 bits per heavy atom. The summed E-state index contributed by atoms with van der Waals surface area (Å²) in [5.74, 6) is -1.48. The Bertz CT molecular complexity index is 953. The van der Waals surface area contributed by atoms with E-state index in [1.54, 1.807) is 5.38 Å². The third kappa shape index (κ3) is 4.45. The molecule has 1 aromatic heterocycles. The molecule has 138 valence electrons. The highest BCUT2D eigenvalue weighted by Crippen LogP contribution is 2.29. The second kappa shape index (κ2) is 7.52. The van der Waals surface area contributed by atoms with Gasteiger partial charge in [-0.2, -0.15) is 0 Å². The van der Waals surface area contributed by atoms with Crippen LogP contribution in [0.4, 0.5) is 5.69 Å². The number of thiazole rings is 1. The molecule has 0 atom stereocenters. The normalized spacial score (nSPS) is 13.8. The lowest BCUT2D eigenvalue weighted by Gasteiger charge is -2.17. The first-order chi connectivity index (χ1) is 12.4. The summed E-state index contributed by atoms with van der Waals surface area (Å²) in [5, 5.41) is 5.05. The summed E-state index contributed by atoms with van der Waals surface area (Å²) in [6.45, 7) is 0. The van der Waals surface area contributed by atoms with Crippen molar-refractivity contribution < 1.29 is 18.0 Å². The van der Waals surface area contributed by atoms with Crippen LogP contribution in [0.3, 0.4) is 0 Å². The SMILES string of the molecule is CNNC(=O)CS(=O)(=O)Cc1nc(-c2ccc3c(c2)CCC(=O)N3)cs1. The van der Waals surface area contributed by atoms with Crippen molar-refractivity contribution in [2.45, 2.75) is 18.6 Å². The molecule has 0 fully saturated rings. The highest BCUT2D eigenvalue weighted by molar-refractivity contribution is 7.91. The van der Waals surface area contributed by atoms with Gasteiger partial charge in [0.25, 0.3) is 0 Å². The van der Waals surface area contributed by atoms with Crippen LogP contribution >= 0.6 is 11.3 Å². The predicted octanol–water partition coefficient (Wildman–Crippen LogP) is 0.860. The zero-order valence-corrected chi connectivity index (χ0v) is 15.7. The number of nitrogens with zero attached hydrogens (tertiary/aromatic N) is 1. The number of carbonyl (C=O) groups is 2. The van der Waals surface area contributed by atoms with Crippen molar-refractivity contribution in [2.75, 3.05) is 18.1 Å². The van der Waals surface area contributed by atoms with Crippen molar-refractivity contribution >= 4 is 38.7 Å². The summed E-state index contributed by atoms with van der Waals surface area (Å²) in [7, 11) is -2.11. The molecule has 2 aromatic rings.